The summed E-state index contributed by atoms with van der Waals surface area (Å²) in [6.45, 7) is 0.520. The summed E-state index contributed by atoms with van der Waals surface area (Å²) in [6, 6.07) is 14.0. The van der Waals surface area contributed by atoms with Crippen LogP contribution in [0.15, 0.2) is 48.5 Å². The number of benzene rings is 2. The molecule has 1 atom stereocenters. The highest BCUT2D eigenvalue weighted by molar-refractivity contribution is 6.24. The lowest BCUT2D eigenvalue weighted by Crippen LogP contribution is -2.54. The molecule has 3 amide bonds. The Morgan fingerprint density at radius 1 is 1.04 bits per heavy atom. The molecule has 27 heavy (non-hydrogen) atoms. The summed E-state index contributed by atoms with van der Waals surface area (Å²) in [4.78, 5) is 43.6. The van der Waals surface area contributed by atoms with Gasteiger partial charge in [0.2, 0.25) is 5.91 Å². The fourth-order valence-corrected chi connectivity index (χ4v) is 3.91. The van der Waals surface area contributed by atoms with Crippen molar-refractivity contribution in [3.63, 3.8) is 0 Å². The largest absolute Gasteiger partial charge is 0.322 e. The summed E-state index contributed by atoms with van der Waals surface area (Å²) in [7, 11) is 0. The third-order valence-electron chi connectivity index (χ3n) is 5.14. The lowest BCUT2D eigenvalue weighted by molar-refractivity contribution is -0.153. The van der Waals surface area contributed by atoms with Gasteiger partial charge in [-0.1, -0.05) is 36.4 Å². The van der Waals surface area contributed by atoms with E-state index in [9.17, 15) is 14.4 Å². The van der Waals surface area contributed by atoms with E-state index in [0.29, 0.717) is 24.2 Å². The molecule has 6 nitrogen and oxygen atoms in total. The SMILES string of the molecule is O=C1CCC(N2Cc3c(NCl)cccc3C2=O)C(=O)N1Cc1ccccc1. The Morgan fingerprint density at radius 2 is 1.81 bits per heavy atom. The van der Waals surface area contributed by atoms with E-state index < -0.39 is 6.04 Å². The second-order valence-electron chi connectivity index (χ2n) is 6.72. The minimum atomic E-state index is -0.644. The monoisotopic (exact) mass is 383 g/mol. The van der Waals surface area contributed by atoms with Crippen LogP contribution in [-0.2, 0) is 22.7 Å². The van der Waals surface area contributed by atoms with Gasteiger partial charge in [-0.3, -0.25) is 24.1 Å². The fraction of sp³-hybridized carbons (Fsp3) is 0.250. The molecule has 7 heteroatoms. The van der Waals surface area contributed by atoms with Crippen molar-refractivity contribution in [3.8, 4) is 0 Å². The van der Waals surface area contributed by atoms with E-state index in [1.165, 1.54) is 4.90 Å². The molecule has 138 valence electrons. The van der Waals surface area contributed by atoms with Gasteiger partial charge in [0.15, 0.2) is 0 Å². The van der Waals surface area contributed by atoms with Crippen LogP contribution in [0.1, 0.15) is 34.3 Å². The van der Waals surface area contributed by atoms with Crippen LogP contribution in [0.5, 0.6) is 0 Å². The molecule has 0 aliphatic carbocycles. The summed E-state index contributed by atoms with van der Waals surface area (Å²) in [5.41, 5.74) is 2.85. The van der Waals surface area contributed by atoms with Gasteiger partial charge in [-0.15, -0.1) is 0 Å². The average Bonchev–Trinajstić information content (AvgIpc) is 3.03. The highest BCUT2D eigenvalue weighted by Gasteiger charge is 2.43. The Balaban J connectivity index is 1.58. The molecule has 1 saturated heterocycles. The second-order valence-corrected chi connectivity index (χ2v) is 6.91. The number of hydrogen-bond donors (Lipinski definition) is 1. The van der Waals surface area contributed by atoms with Crippen LogP contribution in [0.3, 0.4) is 0 Å². The van der Waals surface area contributed by atoms with Gasteiger partial charge in [-0.05, 0) is 24.1 Å². The summed E-state index contributed by atoms with van der Waals surface area (Å²) >= 11 is 5.75. The molecule has 0 bridgehead atoms. The number of hydrogen-bond acceptors (Lipinski definition) is 4. The summed E-state index contributed by atoms with van der Waals surface area (Å²) < 4.78 is 0. The van der Waals surface area contributed by atoms with Crippen LogP contribution in [0.4, 0.5) is 5.69 Å². The number of fused-ring (bicyclic) bond motifs is 1. The average molecular weight is 384 g/mol. The van der Waals surface area contributed by atoms with Crippen LogP contribution < -0.4 is 4.84 Å². The Labute approximate surface area is 161 Å². The molecule has 2 aromatic carbocycles. The van der Waals surface area contributed by atoms with Crippen molar-refractivity contribution in [1.82, 2.24) is 9.80 Å². The van der Waals surface area contributed by atoms with Crippen molar-refractivity contribution in [3.05, 3.63) is 65.2 Å². The Kier molecular flexibility index (Phi) is 4.58. The maximum Gasteiger partial charge on any atom is 0.255 e. The first-order chi connectivity index (χ1) is 13.1. The van der Waals surface area contributed by atoms with E-state index in [-0.39, 0.29) is 30.7 Å². The van der Waals surface area contributed by atoms with Crippen molar-refractivity contribution in [1.29, 1.82) is 0 Å². The first kappa shape index (κ1) is 17.5. The topological polar surface area (TPSA) is 69.7 Å². The number of piperidine rings is 1. The first-order valence-corrected chi connectivity index (χ1v) is 9.15. The minimum Gasteiger partial charge on any atom is -0.322 e. The van der Waals surface area contributed by atoms with E-state index in [0.717, 1.165) is 11.1 Å². The van der Waals surface area contributed by atoms with Crippen LogP contribution in [0.25, 0.3) is 0 Å². The van der Waals surface area contributed by atoms with Crippen LogP contribution in [0, 0.1) is 0 Å². The quantitative estimate of drug-likeness (QED) is 0.651. The van der Waals surface area contributed by atoms with Crippen molar-refractivity contribution < 1.29 is 14.4 Å². The number of imide groups is 1. The molecule has 0 saturated carbocycles. The maximum atomic E-state index is 13.0. The number of nitrogens with one attached hydrogen (secondary N) is 1. The summed E-state index contributed by atoms with van der Waals surface area (Å²) in [6.07, 6.45) is 0.580. The third kappa shape index (κ3) is 3.06. The molecular weight excluding hydrogens is 366 g/mol. The predicted molar refractivity (Wildman–Crippen MR) is 101 cm³/mol. The van der Waals surface area contributed by atoms with E-state index in [1.54, 1.807) is 23.1 Å². The van der Waals surface area contributed by atoms with E-state index in [1.807, 2.05) is 30.3 Å². The molecule has 0 spiro atoms. The molecule has 1 unspecified atom stereocenters. The van der Waals surface area contributed by atoms with Crippen LogP contribution >= 0.6 is 11.8 Å². The smallest absolute Gasteiger partial charge is 0.255 e. The molecule has 4 rings (SSSR count). The lowest BCUT2D eigenvalue weighted by atomic mass is 10.0. The number of anilines is 1. The molecule has 2 aliphatic rings. The number of carbonyl (C=O) groups excluding carboxylic acids is 3. The number of carbonyl (C=O) groups is 3. The molecule has 2 aromatic rings. The zero-order chi connectivity index (χ0) is 19.0. The minimum absolute atomic E-state index is 0.202. The summed E-state index contributed by atoms with van der Waals surface area (Å²) in [5.74, 6) is -0.727. The van der Waals surface area contributed by atoms with E-state index in [2.05, 4.69) is 4.84 Å². The van der Waals surface area contributed by atoms with Crippen molar-refractivity contribution in [2.45, 2.75) is 32.0 Å². The van der Waals surface area contributed by atoms with Gasteiger partial charge in [0.05, 0.1) is 12.2 Å². The highest BCUT2D eigenvalue weighted by atomic mass is 35.5. The fourth-order valence-electron chi connectivity index (χ4n) is 3.74. The van der Waals surface area contributed by atoms with Gasteiger partial charge in [0, 0.05) is 35.9 Å². The second kappa shape index (κ2) is 7.04. The normalized spacial score (nSPS) is 19.4. The van der Waals surface area contributed by atoms with Crippen molar-refractivity contribution >= 4 is 35.2 Å². The Bertz CT molecular complexity index is 916. The highest BCUT2D eigenvalue weighted by Crippen LogP contribution is 2.33. The zero-order valence-electron chi connectivity index (χ0n) is 14.5. The molecule has 0 aromatic heterocycles. The number of nitrogens with zero attached hydrogens (tertiary/aromatic N) is 2. The summed E-state index contributed by atoms with van der Waals surface area (Å²) in [5, 5.41) is 0. The van der Waals surface area contributed by atoms with E-state index >= 15 is 0 Å². The van der Waals surface area contributed by atoms with Crippen molar-refractivity contribution in [2.75, 3.05) is 4.84 Å². The molecule has 1 fully saturated rings. The zero-order valence-corrected chi connectivity index (χ0v) is 15.3. The van der Waals surface area contributed by atoms with E-state index in [4.69, 9.17) is 11.8 Å². The first-order valence-electron chi connectivity index (χ1n) is 8.78. The number of amides is 3. The molecule has 0 radical (unpaired) electrons. The number of rotatable bonds is 4. The molecular formula is C20H18ClN3O3. The van der Waals surface area contributed by atoms with Crippen LogP contribution in [-0.4, -0.2) is 33.6 Å². The molecule has 2 heterocycles. The van der Waals surface area contributed by atoms with Gasteiger partial charge >= 0.3 is 0 Å². The van der Waals surface area contributed by atoms with Gasteiger partial charge in [0.25, 0.3) is 11.8 Å². The van der Waals surface area contributed by atoms with Crippen molar-refractivity contribution in [2.24, 2.45) is 0 Å². The molecule has 1 N–H and O–H groups in total. The van der Waals surface area contributed by atoms with Gasteiger partial charge in [-0.2, -0.15) is 0 Å². The number of likely N-dealkylation sites (tertiary alicyclic amines) is 1. The predicted octanol–water partition coefficient (Wildman–Crippen LogP) is 2.93. The Hall–Kier alpha value is -2.86. The lowest BCUT2D eigenvalue weighted by Gasteiger charge is -2.35. The number of halogens is 1. The van der Waals surface area contributed by atoms with Gasteiger partial charge < -0.3 is 4.90 Å². The maximum absolute atomic E-state index is 13.0. The Morgan fingerprint density at radius 3 is 2.56 bits per heavy atom. The molecule has 2 aliphatic heterocycles. The van der Waals surface area contributed by atoms with Crippen LogP contribution in [0.2, 0.25) is 0 Å². The third-order valence-corrected chi connectivity index (χ3v) is 5.34. The van der Waals surface area contributed by atoms with Gasteiger partial charge in [0.1, 0.15) is 6.04 Å². The standard InChI is InChI=1S/C20H18ClN3O3/c21-22-16-8-4-7-14-15(16)12-23(19(14)26)17-9-10-18(25)24(20(17)27)11-13-5-2-1-3-6-13/h1-8,17,22H,9-12H2. The van der Waals surface area contributed by atoms with Gasteiger partial charge in [-0.25, -0.2) is 0 Å².